The van der Waals surface area contributed by atoms with Crippen molar-refractivity contribution in [1.29, 1.82) is 0 Å². The van der Waals surface area contributed by atoms with Gasteiger partial charge in [-0.1, -0.05) is 6.07 Å². The van der Waals surface area contributed by atoms with Crippen molar-refractivity contribution in [1.82, 2.24) is 9.97 Å². The molecule has 9 heteroatoms. The van der Waals surface area contributed by atoms with Crippen LogP contribution in [0.1, 0.15) is 11.5 Å². The van der Waals surface area contributed by atoms with Gasteiger partial charge < -0.3 is 15.1 Å². The quantitative estimate of drug-likeness (QED) is 0.463. The molecule has 3 rings (SSSR count). The molecule has 0 saturated carbocycles. The number of benzene rings is 1. The third-order valence-electron chi connectivity index (χ3n) is 3.28. The number of nitrogens with one attached hydrogen (secondary N) is 2. The number of hydrogen-bond donors (Lipinski definition) is 2. The number of aryl methyl sites for hydroxylation is 1. The molecule has 0 unspecified atom stereocenters. The Labute approximate surface area is 151 Å². The smallest absolute Gasteiger partial charge is 0.271 e. The summed E-state index contributed by atoms with van der Waals surface area (Å²) in [5, 5.41) is 17.0. The summed E-state index contributed by atoms with van der Waals surface area (Å²) < 4.78 is 6.20. The van der Waals surface area contributed by atoms with Crippen LogP contribution >= 0.6 is 15.9 Å². The molecule has 0 atom stereocenters. The minimum atomic E-state index is -0.452. The van der Waals surface area contributed by atoms with Crippen molar-refractivity contribution >= 4 is 39.1 Å². The molecule has 128 valence electrons. The Bertz CT molecular complexity index is 912. The van der Waals surface area contributed by atoms with Crippen LogP contribution in [0, 0.1) is 17.0 Å². The molecule has 25 heavy (non-hydrogen) atoms. The summed E-state index contributed by atoms with van der Waals surface area (Å²) in [4.78, 5) is 18.9. The molecule has 2 aromatic heterocycles. The van der Waals surface area contributed by atoms with E-state index in [-0.39, 0.29) is 5.69 Å². The molecule has 0 spiro atoms. The largest absolute Gasteiger partial charge is 0.465 e. The number of aromatic nitrogens is 2. The Morgan fingerprint density at radius 3 is 2.88 bits per heavy atom. The molecule has 2 N–H and O–H groups in total. The van der Waals surface area contributed by atoms with Gasteiger partial charge >= 0.3 is 0 Å². The van der Waals surface area contributed by atoms with Crippen molar-refractivity contribution in [3.8, 4) is 0 Å². The third kappa shape index (κ3) is 4.32. The first-order chi connectivity index (χ1) is 12.0. The molecule has 1 aromatic carbocycles. The fourth-order valence-electron chi connectivity index (χ4n) is 2.13. The van der Waals surface area contributed by atoms with Crippen LogP contribution in [0.15, 0.2) is 51.5 Å². The number of furan rings is 1. The zero-order chi connectivity index (χ0) is 17.8. The van der Waals surface area contributed by atoms with E-state index in [2.05, 4.69) is 36.5 Å². The molecule has 3 aromatic rings. The summed E-state index contributed by atoms with van der Waals surface area (Å²) in [5.41, 5.74) is 0.526. The molecule has 0 aliphatic heterocycles. The number of nitro benzene ring substituents is 1. The minimum Gasteiger partial charge on any atom is -0.465 e. The van der Waals surface area contributed by atoms with Gasteiger partial charge in [0.2, 0.25) is 5.95 Å². The topological polar surface area (TPSA) is 106 Å². The Balaban J connectivity index is 1.74. The highest BCUT2D eigenvalue weighted by atomic mass is 79.9. The molecule has 8 nitrogen and oxygen atoms in total. The van der Waals surface area contributed by atoms with Crippen molar-refractivity contribution in [3.05, 3.63) is 68.7 Å². The molecule has 0 aliphatic rings. The van der Waals surface area contributed by atoms with E-state index >= 15 is 0 Å². The average molecular weight is 404 g/mol. The van der Waals surface area contributed by atoms with Gasteiger partial charge in [0, 0.05) is 24.0 Å². The van der Waals surface area contributed by atoms with Gasteiger partial charge in [-0.2, -0.15) is 4.98 Å². The first-order valence-corrected chi connectivity index (χ1v) is 8.14. The van der Waals surface area contributed by atoms with Crippen molar-refractivity contribution in [3.63, 3.8) is 0 Å². The molecular weight excluding hydrogens is 390 g/mol. The van der Waals surface area contributed by atoms with Gasteiger partial charge in [0.1, 0.15) is 17.3 Å². The lowest BCUT2D eigenvalue weighted by molar-refractivity contribution is -0.384. The molecule has 0 bridgehead atoms. The number of halogens is 1. The van der Waals surface area contributed by atoms with Crippen LogP contribution in [0.4, 0.5) is 23.1 Å². The fraction of sp³-hybridized carbons (Fsp3) is 0.125. The van der Waals surface area contributed by atoms with Gasteiger partial charge in [0.25, 0.3) is 5.69 Å². The lowest BCUT2D eigenvalue weighted by Crippen LogP contribution is -2.05. The molecule has 2 heterocycles. The molecule has 0 aliphatic carbocycles. The number of rotatable bonds is 6. The fourth-order valence-corrected chi connectivity index (χ4v) is 2.46. The standard InChI is InChI=1S/C16H14BrN5O3/c1-10-5-6-13(25-10)8-18-15-14(17)9-19-16(21-15)20-11-3-2-4-12(7-11)22(23)24/h2-7,9H,8H2,1H3,(H2,18,19,20,21). The summed E-state index contributed by atoms with van der Waals surface area (Å²) in [5.74, 6) is 2.53. The molecule has 0 saturated heterocycles. The molecule has 0 amide bonds. The van der Waals surface area contributed by atoms with Crippen molar-refractivity contribution < 1.29 is 9.34 Å². The van der Waals surface area contributed by atoms with Gasteiger partial charge in [-0.3, -0.25) is 10.1 Å². The van der Waals surface area contributed by atoms with Crippen LogP contribution in [0.3, 0.4) is 0 Å². The highest BCUT2D eigenvalue weighted by molar-refractivity contribution is 9.10. The maximum atomic E-state index is 10.8. The third-order valence-corrected chi connectivity index (χ3v) is 3.86. The zero-order valence-corrected chi connectivity index (χ0v) is 14.8. The second-order valence-electron chi connectivity index (χ2n) is 5.19. The summed E-state index contributed by atoms with van der Waals surface area (Å²) in [6.07, 6.45) is 1.60. The van der Waals surface area contributed by atoms with Crippen LogP contribution in [-0.4, -0.2) is 14.9 Å². The highest BCUT2D eigenvalue weighted by Crippen LogP contribution is 2.24. The second kappa shape index (κ2) is 7.31. The van der Waals surface area contributed by atoms with Crippen LogP contribution in [-0.2, 0) is 6.54 Å². The Morgan fingerprint density at radius 1 is 1.32 bits per heavy atom. The molecule has 0 fully saturated rings. The molecule has 0 radical (unpaired) electrons. The normalized spacial score (nSPS) is 10.5. The predicted octanol–water partition coefficient (Wildman–Crippen LogP) is 4.40. The number of nitro groups is 1. The van der Waals surface area contributed by atoms with Crippen LogP contribution in [0.25, 0.3) is 0 Å². The second-order valence-corrected chi connectivity index (χ2v) is 6.04. The van der Waals surface area contributed by atoms with E-state index in [0.717, 1.165) is 11.5 Å². The highest BCUT2D eigenvalue weighted by Gasteiger charge is 2.09. The summed E-state index contributed by atoms with van der Waals surface area (Å²) >= 11 is 3.39. The first kappa shape index (κ1) is 16.9. The van der Waals surface area contributed by atoms with E-state index in [0.29, 0.717) is 28.5 Å². The van der Waals surface area contributed by atoms with Gasteiger partial charge in [0.15, 0.2) is 0 Å². The first-order valence-electron chi connectivity index (χ1n) is 7.34. The summed E-state index contributed by atoms with van der Waals surface area (Å²) in [6.45, 7) is 2.35. The van der Waals surface area contributed by atoms with Gasteiger partial charge in [0.05, 0.1) is 15.9 Å². The average Bonchev–Trinajstić information content (AvgIpc) is 3.01. The summed E-state index contributed by atoms with van der Waals surface area (Å²) in [7, 11) is 0. The van der Waals surface area contributed by atoms with Crippen molar-refractivity contribution in [2.75, 3.05) is 10.6 Å². The number of hydrogen-bond acceptors (Lipinski definition) is 7. The number of non-ortho nitro benzene ring substituents is 1. The van der Waals surface area contributed by atoms with Gasteiger partial charge in [-0.05, 0) is 41.1 Å². The van der Waals surface area contributed by atoms with E-state index in [1.54, 1.807) is 18.3 Å². The molecular formula is C16H14BrN5O3. The maximum absolute atomic E-state index is 10.8. The van der Waals surface area contributed by atoms with Crippen LogP contribution in [0.5, 0.6) is 0 Å². The number of nitrogens with zero attached hydrogens (tertiary/aromatic N) is 3. The predicted molar refractivity (Wildman–Crippen MR) is 96.9 cm³/mol. The van der Waals surface area contributed by atoms with E-state index in [1.165, 1.54) is 12.1 Å². The van der Waals surface area contributed by atoms with E-state index in [4.69, 9.17) is 4.42 Å². The SMILES string of the molecule is Cc1ccc(CNc2nc(Nc3cccc([N+](=O)[O-])c3)ncc2Br)o1. The zero-order valence-electron chi connectivity index (χ0n) is 13.2. The van der Waals surface area contributed by atoms with Crippen LogP contribution in [0.2, 0.25) is 0 Å². The van der Waals surface area contributed by atoms with Crippen LogP contribution < -0.4 is 10.6 Å². The van der Waals surface area contributed by atoms with Gasteiger partial charge in [-0.15, -0.1) is 0 Å². The monoisotopic (exact) mass is 403 g/mol. The van der Waals surface area contributed by atoms with E-state index in [1.807, 2.05) is 19.1 Å². The summed E-state index contributed by atoms with van der Waals surface area (Å²) in [6, 6.07) is 9.92. The van der Waals surface area contributed by atoms with E-state index in [9.17, 15) is 10.1 Å². The van der Waals surface area contributed by atoms with Crippen molar-refractivity contribution in [2.45, 2.75) is 13.5 Å². The Kier molecular flexibility index (Phi) is 4.94. The lowest BCUT2D eigenvalue weighted by Gasteiger charge is -2.09. The van der Waals surface area contributed by atoms with E-state index < -0.39 is 4.92 Å². The minimum absolute atomic E-state index is 0.00588. The Hall–Kier alpha value is -2.94. The maximum Gasteiger partial charge on any atom is 0.271 e. The lowest BCUT2D eigenvalue weighted by atomic mass is 10.3. The number of anilines is 3. The van der Waals surface area contributed by atoms with Crippen molar-refractivity contribution in [2.24, 2.45) is 0 Å². The Morgan fingerprint density at radius 2 is 2.16 bits per heavy atom. The van der Waals surface area contributed by atoms with Gasteiger partial charge in [-0.25, -0.2) is 4.98 Å².